The third kappa shape index (κ3) is 4.99. The number of nitrogens with two attached hydrogens (primary N) is 2. The van der Waals surface area contributed by atoms with Crippen LogP contribution in [0.15, 0.2) is 0 Å². The van der Waals surface area contributed by atoms with Gasteiger partial charge in [-0.15, -0.1) is 0 Å². The summed E-state index contributed by atoms with van der Waals surface area (Å²) < 4.78 is 9.52. The molecule has 1 aliphatic carbocycles. The zero-order valence-electron chi connectivity index (χ0n) is 15.8. The molecule has 1 aliphatic heterocycles. The van der Waals surface area contributed by atoms with Gasteiger partial charge < -0.3 is 26.4 Å². The van der Waals surface area contributed by atoms with E-state index in [0.717, 1.165) is 50.1 Å². The molecule has 0 radical (unpaired) electrons. The van der Waals surface area contributed by atoms with Crippen LogP contribution in [0, 0.1) is 0 Å². The molecule has 2 aliphatic rings. The number of nitrogens with zero attached hydrogens (tertiary/aromatic N) is 2. The number of carbonyl (C=O) groups is 3. The Morgan fingerprint density at radius 1 is 1.18 bits per heavy atom. The Labute approximate surface area is 167 Å². The fourth-order valence-corrected chi connectivity index (χ4v) is 4.49. The summed E-state index contributed by atoms with van der Waals surface area (Å²) >= 11 is 0.822. The lowest BCUT2D eigenvalue weighted by Gasteiger charge is -2.27. The monoisotopic (exact) mass is 409 g/mol. The molecule has 1 saturated carbocycles. The molecule has 5 N–H and O–H groups in total. The van der Waals surface area contributed by atoms with Gasteiger partial charge >= 0.3 is 0 Å². The normalized spacial score (nSPS) is 20.1. The van der Waals surface area contributed by atoms with E-state index in [-0.39, 0.29) is 40.9 Å². The second-order valence-electron chi connectivity index (χ2n) is 7.36. The minimum absolute atomic E-state index is 0.0347. The molecule has 3 rings (SSSR count). The van der Waals surface area contributed by atoms with Crippen LogP contribution in [0.4, 0.5) is 5.69 Å². The number of anilines is 1. The average molecular weight is 410 g/mol. The highest BCUT2D eigenvalue weighted by Crippen LogP contribution is 2.24. The quantitative estimate of drug-likeness (QED) is 0.611. The average Bonchev–Trinajstić information content (AvgIpc) is 3.31. The molecule has 10 heteroatoms. The SMILES string of the molecule is NC(=O)c1nsc(C(=O)N(CC(=O)NC2CCCCC2)CC2CCCO2)c1N. The molecule has 28 heavy (non-hydrogen) atoms. The summed E-state index contributed by atoms with van der Waals surface area (Å²) in [6.45, 7) is 0.855. The van der Waals surface area contributed by atoms with E-state index in [1.54, 1.807) is 0 Å². The molecular weight excluding hydrogens is 382 g/mol. The lowest BCUT2D eigenvalue weighted by Crippen LogP contribution is -2.46. The number of ether oxygens (including phenoxy) is 1. The summed E-state index contributed by atoms with van der Waals surface area (Å²) in [5.41, 5.74) is 11.0. The number of amides is 3. The number of hydrogen-bond donors (Lipinski definition) is 3. The van der Waals surface area contributed by atoms with E-state index < -0.39 is 11.8 Å². The maximum atomic E-state index is 13.0. The number of hydrogen-bond acceptors (Lipinski definition) is 7. The van der Waals surface area contributed by atoms with E-state index in [2.05, 4.69) is 9.69 Å². The summed E-state index contributed by atoms with van der Waals surface area (Å²) in [7, 11) is 0. The molecule has 2 fully saturated rings. The highest BCUT2D eigenvalue weighted by atomic mass is 32.1. The topological polar surface area (TPSA) is 141 Å². The number of carbonyl (C=O) groups excluding carboxylic acids is 3. The van der Waals surface area contributed by atoms with Crippen molar-refractivity contribution < 1.29 is 19.1 Å². The van der Waals surface area contributed by atoms with E-state index in [0.29, 0.717) is 13.2 Å². The van der Waals surface area contributed by atoms with Gasteiger partial charge in [0.15, 0.2) is 5.69 Å². The molecule has 154 valence electrons. The Morgan fingerprint density at radius 3 is 2.54 bits per heavy atom. The van der Waals surface area contributed by atoms with Gasteiger partial charge in [0.2, 0.25) is 5.91 Å². The zero-order valence-corrected chi connectivity index (χ0v) is 16.6. The van der Waals surface area contributed by atoms with Crippen molar-refractivity contribution in [3.63, 3.8) is 0 Å². The van der Waals surface area contributed by atoms with Gasteiger partial charge in [-0.05, 0) is 37.2 Å². The van der Waals surface area contributed by atoms with Crippen molar-refractivity contribution in [1.29, 1.82) is 0 Å². The third-order valence-electron chi connectivity index (χ3n) is 5.20. The number of aromatic nitrogens is 1. The lowest BCUT2D eigenvalue weighted by molar-refractivity contribution is -0.123. The molecule has 1 unspecified atom stereocenters. The summed E-state index contributed by atoms with van der Waals surface area (Å²) in [6, 6.07) is 0.163. The number of nitrogen functional groups attached to an aromatic ring is 1. The van der Waals surface area contributed by atoms with E-state index in [4.69, 9.17) is 16.2 Å². The van der Waals surface area contributed by atoms with Crippen LogP contribution in [0.1, 0.15) is 65.1 Å². The number of nitrogens with one attached hydrogen (secondary N) is 1. The standard InChI is InChI=1S/C18H27N5O4S/c19-14-15(17(20)25)22-28-16(14)18(26)23(9-12-7-4-8-27-12)10-13(24)21-11-5-2-1-3-6-11/h11-12H,1-10,19H2,(H2,20,25)(H,21,24). The molecule has 3 amide bonds. The lowest BCUT2D eigenvalue weighted by atomic mass is 9.95. The van der Waals surface area contributed by atoms with Crippen molar-refractivity contribution in [3.05, 3.63) is 10.6 Å². The Balaban J connectivity index is 1.71. The maximum Gasteiger partial charge on any atom is 0.270 e. The van der Waals surface area contributed by atoms with Crippen molar-refractivity contribution >= 4 is 34.9 Å². The summed E-state index contributed by atoms with van der Waals surface area (Å²) in [6.07, 6.45) is 6.99. The van der Waals surface area contributed by atoms with Crippen LogP contribution in [0.2, 0.25) is 0 Å². The molecule has 0 spiro atoms. The van der Waals surface area contributed by atoms with E-state index >= 15 is 0 Å². The van der Waals surface area contributed by atoms with Gasteiger partial charge in [-0.1, -0.05) is 19.3 Å². The van der Waals surface area contributed by atoms with E-state index in [1.165, 1.54) is 11.3 Å². The molecule has 1 aromatic rings. The van der Waals surface area contributed by atoms with Crippen molar-refractivity contribution in [1.82, 2.24) is 14.6 Å². The van der Waals surface area contributed by atoms with Gasteiger partial charge in [-0.25, -0.2) is 0 Å². The fraction of sp³-hybridized carbons (Fsp3) is 0.667. The first-order chi connectivity index (χ1) is 13.5. The molecule has 1 aromatic heterocycles. The van der Waals surface area contributed by atoms with Crippen molar-refractivity contribution in [2.45, 2.75) is 57.1 Å². The van der Waals surface area contributed by atoms with E-state index in [1.807, 2.05) is 0 Å². The van der Waals surface area contributed by atoms with Crippen molar-refractivity contribution in [3.8, 4) is 0 Å². The Bertz CT molecular complexity index is 726. The minimum Gasteiger partial charge on any atom is -0.395 e. The molecule has 1 atom stereocenters. The van der Waals surface area contributed by atoms with Crippen LogP contribution in [0.5, 0.6) is 0 Å². The van der Waals surface area contributed by atoms with Gasteiger partial charge in [-0.2, -0.15) is 4.37 Å². The van der Waals surface area contributed by atoms with Crippen LogP contribution in [0.25, 0.3) is 0 Å². The predicted octanol–water partition coefficient (Wildman–Crippen LogP) is 0.894. The first-order valence-electron chi connectivity index (χ1n) is 9.71. The van der Waals surface area contributed by atoms with E-state index in [9.17, 15) is 14.4 Å². The second kappa shape index (κ2) is 9.33. The summed E-state index contributed by atoms with van der Waals surface area (Å²) in [5.74, 6) is -1.42. The van der Waals surface area contributed by atoms with Crippen molar-refractivity contribution in [2.24, 2.45) is 5.73 Å². The number of rotatable bonds is 7. The zero-order chi connectivity index (χ0) is 20.1. The first kappa shape index (κ1) is 20.5. The summed E-state index contributed by atoms with van der Waals surface area (Å²) in [5, 5.41) is 3.03. The second-order valence-corrected chi connectivity index (χ2v) is 8.13. The Hall–Kier alpha value is -2.20. The first-order valence-corrected chi connectivity index (χ1v) is 10.5. The molecule has 9 nitrogen and oxygen atoms in total. The largest absolute Gasteiger partial charge is 0.395 e. The predicted molar refractivity (Wildman–Crippen MR) is 105 cm³/mol. The Morgan fingerprint density at radius 2 is 1.93 bits per heavy atom. The Kier molecular flexibility index (Phi) is 6.84. The van der Waals surface area contributed by atoms with Gasteiger partial charge in [0, 0.05) is 19.2 Å². The van der Waals surface area contributed by atoms with Crippen LogP contribution in [-0.4, -0.2) is 58.8 Å². The van der Waals surface area contributed by atoms with Crippen LogP contribution >= 0.6 is 11.5 Å². The maximum absolute atomic E-state index is 13.0. The minimum atomic E-state index is -0.784. The molecule has 0 aromatic carbocycles. The molecular formula is C18H27N5O4S. The summed E-state index contributed by atoms with van der Waals surface area (Å²) in [4.78, 5) is 38.6. The molecule has 2 heterocycles. The highest BCUT2D eigenvalue weighted by Gasteiger charge is 2.30. The van der Waals surface area contributed by atoms with Crippen LogP contribution in [-0.2, 0) is 9.53 Å². The molecule has 1 saturated heterocycles. The third-order valence-corrected chi connectivity index (χ3v) is 6.05. The number of primary amides is 1. The smallest absolute Gasteiger partial charge is 0.270 e. The molecule has 0 bridgehead atoms. The fourth-order valence-electron chi connectivity index (χ4n) is 3.72. The highest BCUT2D eigenvalue weighted by molar-refractivity contribution is 7.09. The van der Waals surface area contributed by atoms with Gasteiger partial charge in [0.05, 0.1) is 18.3 Å². The van der Waals surface area contributed by atoms with Crippen LogP contribution < -0.4 is 16.8 Å². The van der Waals surface area contributed by atoms with Gasteiger partial charge in [0.25, 0.3) is 11.8 Å². The van der Waals surface area contributed by atoms with Gasteiger partial charge in [-0.3, -0.25) is 14.4 Å². The van der Waals surface area contributed by atoms with Crippen molar-refractivity contribution in [2.75, 3.05) is 25.4 Å². The van der Waals surface area contributed by atoms with Crippen LogP contribution in [0.3, 0.4) is 0 Å². The van der Waals surface area contributed by atoms with Gasteiger partial charge in [0.1, 0.15) is 4.88 Å².